The van der Waals surface area contributed by atoms with Crippen molar-refractivity contribution in [2.24, 2.45) is 7.05 Å². The minimum absolute atomic E-state index is 0.157. The summed E-state index contributed by atoms with van der Waals surface area (Å²) < 4.78 is 6.64. The number of hydrogen-bond acceptors (Lipinski definition) is 5. The van der Waals surface area contributed by atoms with Crippen LogP contribution in [0.2, 0.25) is 0 Å². The standard InChI is InChI=1S/C15H17N5O3/c1-8-5-11(18-23-8)15(22)20-6-10-12(7-20)19(2)17-13(10)14(21)16-9-3-4-9/h5,9H,3-4,6-7H2,1-2H3,(H,16,21). The molecular weight excluding hydrogens is 298 g/mol. The highest BCUT2D eigenvalue weighted by Gasteiger charge is 2.34. The molecule has 2 aliphatic rings. The van der Waals surface area contributed by atoms with Crippen molar-refractivity contribution >= 4 is 11.8 Å². The number of amides is 2. The Labute approximate surface area is 132 Å². The highest BCUT2D eigenvalue weighted by molar-refractivity contribution is 5.96. The Morgan fingerprint density at radius 2 is 2.13 bits per heavy atom. The van der Waals surface area contributed by atoms with Crippen molar-refractivity contribution in [3.63, 3.8) is 0 Å². The van der Waals surface area contributed by atoms with Gasteiger partial charge in [-0.1, -0.05) is 5.16 Å². The number of rotatable bonds is 3. The van der Waals surface area contributed by atoms with Crippen LogP contribution in [0.15, 0.2) is 10.6 Å². The Morgan fingerprint density at radius 3 is 2.78 bits per heavy atom. The summed E-state index contributed by atoms with van der Waals surface area (Å²) in [7, 11) is 1.79. The average Bonchev–Trinajstić information content (AvgIpc) is 2.95. The first-order valence-corrected chi connectivity index (χ1v) is 7.61. The van der Waals surface area contributed by atoms with Crippen LogP contribution in [-0.2, 0) is 20.1 Å². The molecule has 0 aromatic carbocycles. The Kier molecular flexibility index (Phi) is 3.00. The third-order valence-electron chi connectivity index (χ3n) is 4.23. The van der Waals surface area contributed by atoms with Gasteiger partial charge in [-0.25, -0.2) is 0 Å². The van der Waals surface area contributed by atoms with Crippen molar-refractivity contribution in [2.45, 2.75) is 38.9 Å². The molecule has 8 heteroatoms. The van der Waals surface area contributed by atoms with Crippen molar-refractivity contribution in [2.75, 3.05) is 0 Å². The second-order valence-electron chi connectivity index (χ2n) is 6.13. The Hall–Kier alpha value is -2.64. The van der Waals surface area contributed by atoms with Gasteiger partial charge >= 0.3 is 0 Å². The summed E-state index contributed by atoms with van der Waals surface area (Å²) in [5.41, 5.74) is 2.41. The number of carbonyl (C=O) groups is 2. The third kappa shape index (κ3) is 2.39. The van der Waals surface area contributed by atoms with Crippen LogP contribution in [0.5, 0.6) is 0 Å². The highest BCUT2D eigenvalue weighted by Crippen LogP contribution is 2.28. The van der Waals surface area contributed by atoms with E-state index in [1.807, 2.05) is 0 Å². The number of hydrogen-bond donors (Lipinski definition) is 1. The summed E-state index contributed by atoms with van der Waals surface area (Å²) in [6.07, 6.45) is 2.05. The molecule has 23 heavy (non-hydrogen) atoms. The molecule has 1 aliphatic heterocycles. The zero-order chi connectivity index (χ0) is 16.1. The second kappa shape index (κ2) is 4.94. The molecule has 120 valence electrons. The van der Waals surface area contributed by atoms with E-state index in [1.54, 1.807) is 29.6 Å². The van der Waals surface area contributed by atoms with E-state index in [-0.39, 0.29) is 23.6 Å². The molecule has 4 rings (SSSR count). The third-order valence-corrected chi connectivity index (χ3v) is 4.23. The van der Waals surface area contributed by atoms with Gasteiger partial charge in [0.2, 0.25) is 0 Å². The fraction of sp³-hybridized carbons (Fsp3) is 0.467. The van der Waals surface area contributed by atoms with Crippen molar-refractivity contribution in [1.82, 2.24) is 25.2 Å². The van der Waals surface area contributed by atoms with Crippen LogP contribution in [0.1, 0.15) is 50.8 Å². The number of nitrogens with zero attached hydrogens (tertiary/aromatic N) is 4. The zero-order valence-electron chi connectivity index (χ0n) is 13.0. The van der Waals surface area contributed by atoms with Crippen LogP contribution >= 0.6 is 0 Å². The predicted octanol–water partition coefficient (Wildman–Crippen LogP) is 0.765. The summed E-state index contributed by atoms with van der Waals surface area (Å²) >= 11 is 0. The van der Waals surface area contributed by atoms with Gasteiger partial charge in [-0.3, -0.25) is 14.3 Å². The van der Waals surface area contributed by atoms with E-state index in [9.17, 15) is 9.59 Å². The van der Waals surface area contributed by atoms with Crippen molar-refractivity contribution in [1.29, 1.82) is 0 Å². The van der Waals surface area contributed by atoms with Gasteiger partial charge in [0.25, 0.3) is 11.8 Å². The lowest BCUT2D eigenvalue weighted by Crippen LogP contribution is -2.29. The van der Waals surface area contributed by atoms with E-state index in [4.69, 9.17) is 4.52 Å². The van der Waals surface area contributed by atoms with E-state index >= 15 is 0 Å². The first kappa shape index (κ1) is 14.0. The molecule has 8 nitrogen and oxygen atoms in total. The lowest BCUT2D eigenvalue weighted by Gasteiger charge is -2.14. The Balaban J connectivity index is 1.57. The van der Waals surface area contributed by atoms with Crippen LogP contribution in [-0.4, -0.2) is 37.7 Å². The molecule has 2 aromatic rings. The molecule has 1 N–H and O–H groups in total. The van der Waals surface area contributed by atoms with Crippen LogP contribution in [0.4, 0.5) is 0 Å². The highest BCUT2D eigenvalue weighted by atomic mass is 16.5. The number of fused-ring (bicyclic) bond motifs is 1. The summed E-state index contributed by atoms with van der Waals surface area (Å²) in [5, 5.41) is 11.0. The van der Waals surface area contributed by atoms with Crippen molar-refractivity contribution < 1.29 is 14.1 Å². The van der Waals surface area contributed by atoms with Crippen LogP contribution < -0.4 is 5.32 Å². The van der Waals surface area contributed by atoms with Gasteiger partial charge in [-0.2, -0.15) is 5.10 Å². The van der Waals surface area contributed by atoms with Gasteiger partial charge < -0.3 is 14.7 Å². The Morgan fingerprint density at radius 1 is 1.35 bits per heavy atom. The van der Waals surface area contributed by atoms with Crippen LogP contribution in [0.25, 0.3) is 0 Å². The predicted molar refractivity (Wildman–Crippen MR) is 78.5 cm³/mol. The number of nitrogens with one attached hydrogen (secondary N) is 1. The van der Waals surface area contributed by atoms with Gasteiger partial charge in [0, 0.05) is 24.7 Å². The lowest BCUT2D eigenvalue weighted by atomic mass is 10.2. The van der Waals surface area contributed by atoms with Gasteiger partial charge in [-0.05, 0) is 19.8 Å². The molecule has 1 aliphatic carbocycles. The maximum absolute atomic E-state index is 12.5. The Bertz CT molecular complexity index is 802. The molecule has 0 atom stereocenters. The monoisotopic (exact) mass is 315 g/mol. The fourth-order valence-electron chi connectivity index (χ4n) is 2.83. The molecule has 3 heterocycles. The quantitative estimate of drug-likeness (QED) is 0.903. The van der Waals surface area contributed by atoms with Gasteiger partial charge in [0.05, 0.1) is 18.8 Å². The smallest absolute Gasteiger partial charge is 0.276 e. The topological polar surface area (TPSA) is 93.3 Å². The maximum atomic E-state index is 12.5. The van der Waals surface area contributed by atoms with Gasteiger partial charge in [0.15, 0.2) is 11.4 Å². The molecule has 1 fully saturated rings. The maximum Gasteiger partial charge on any atom is 0.276 e. The molecule has 0 saturated heterocycles. The van der Waals surface area contributed by atoms with E-state index < -0.39 is 0 Å². The second-order valence-corrected chi connectivity index (χ2v) is 6.13. The average molecular weight is 315 g/mol. The largest absolute Gasteiger partial charge is 0.361 e. The minimum Gasteiger partial charge on any atom is -0.361 e. The van der Waals surface area contributed by atoms with E-state index in [0.717, 1.165) is 24.1 Å². The van der Waals surface area contributed by atoms with Gasteiger partial charge in [-0.15, -0.1) is 0 Å². The molecular formula is C15H17N5O3. The molecule has 0 unspecified atom stereocenters. The first-order chi connectivity index (χ1) is 11.0. The van der Waals surface area contributed by atoms with Crippen LogP contribution in [0.3, 0.4) is 0 Å². The molecule has 0 radical (unpaired) electrons. The fourth-order valence-corrected chi connectivity index (χ4v) is 2.83. The van der Waals surface area contributed by atoms with E-state index in [2.05, 4.69) is 15.6 Å². The number of aromatic nitrogens is 3. The summed E-state index contributed by atoms with van der Waals surface area (Å²) in [5.74, 6) is 0.235. The van der Waals surface area contributed by atoms with Crippen LogP contribution in [0, 0.1) is 6.92 Å². The molecule has 2 aromatic heterocycles. The molecule has 1 saturated carbocycles. The lowest BCUT2D eigenvalue weighted by molar-refractivity contribution is 0.0735. The zero-order valence-corrected chi connectivity index (χ0v) is 13.0. The summed E-state index contributed by atoms with van der Waals surface area (Å²) in [4.78, 5) is 26.4. The number of carbonyl (C=O) groups excluding carboxylic acids is 2. The van der Waals surface area contributed by atoms with Crippen molar-refractivity contribution in [3.05, 3.63) is 34.5 Å². The molecule has 0 bridgehead atoms. The number of aryl methyl sites for hydroxylation is 2. The minimum atomic E-state index is -0.202. The SMILES string of the molecule is Cc1cc(C(=O)N2Cc3c(C(=O)NC4CC4)nn(C)c3C2)no1. The molecule has 2 amide bonds. The summed E-state index contributed by atoms with van der Waals surface area (Å²) in [6, 6.07) is 1.89. The molecule has 0 spiro atoms. The van der Waals surface area contributed by atoms with E-state index in [0.29, 0.717) is 24.5 Å². The van der Waals surface area contributed by atoms with Crippen molar-refractivity contribution in [3.8, 4) is 0 Å². The van der Waals surface area contributed by atoms with E-state index in [1.165, 1.54) is 0 Å². The first-order valence-electron chi connectivity index (χ1n) is 7.61. The van der Waals surface area contributed by atoms with Gasteiger partial charge in [0.1, 0.15) is 5.76 Å². The summed E-state index contributed by atoms with van der Waals surface area (Å²) in [6.45, 7) is 2.52. The normalized spacial score (nSPS) is 16.5.